The lowest BCUT2D eigenvalue weighted by atomic mass is 10.0. The minimum atomic E-state index is -0.130. The first-order valence-electron chi connectivity index (χ1n) is 5.76. The average Bonchev–Trinajstić information content (AvgIpc) is 2.55. The zero-order chi connectivity index (χ0) is 12.6. The molecular formula is C14H18N2O. The van der Waals surface area contributed by atoms with Crippen LogP contribution in [0.4, 0.5) is 0 Å². The molecule has 3 nitrogen and oxygen atoms in total. The highest BCUT2D eigenvalue weighted by Crippen LogP contribution is 2.33. The largest absolute Gasteiger partial charge is 0.492 e. The summed E-state index contributed by atoms with van der Waals surface area (Å²) in [6.45, 7) is 8.20. The zero-order valence-electron chi connectivity index (χ0n) is 10.7. The first kappa shape index (κ1) is 11.7. The van der Waals surface area contributed by atoms with Crippen LogP contribution in [0.3, 0.4) is 0 Å². The van der Waals surface area contributed by atoms with E-state index < -0.39 is 0 Å². The minimum Gasteiger partial charge on any atom is -0.492 e. The van der Waals surface area contributed by atoms with Crippen LogP contribution in [-0.2, 0) is 5.54 Å². The number of benzene rings is 1. The number of hydrogen-bond donors (Lipinski definition) is 1. The summed E-state index contributed by atoms with van der Waals surface area (Å²) in [6, 6.07) is 9.85. The second-order valence-corrected chi connectivity index (χ2v) is 5.23. The molecule has 1 aromatic heterocycles. The molecule has 0 amide bonds. The van der Waals surface area contributed by atoms with Crippen LogP contribution in [-0.4, -0.2) is 14.9 Å². The lowest BCUT2D eigenvalue weighted by Crippen LogP contribution is -2.24. The molecule has 0 unspecified atom stereocenters. The molecular weight excluding hydrogens is 212 g/mol. The van der Waals surface area contributed by atoms with E-state index in [1.165, 1.54) is 0 Å². The fraction of sp³-hybridized carbons (Fsp3) is 0.357. The van der Waals surface area contributed by atoms with Crippen molar-refractivity contribution in [1.29, 1.82) is 0 Å². The van der Waals surface area contributed by atoms with Gasteiger partial charge in [-0.2, -0.15) is 0 Å². The second-order valence-electron chi connectivity index (χ2n) is 5.23. The number of aromatic nitrogens is 2. The van der Waals surface area contributed by atoms with E-state index in [4.69, 9.17) is 0 Å². The number of hydrogen-bond acceptors (Lipinski definition) is 2. The van der Waals surface area contributed by atoms with Crippen molar-refractivity contribution >= 4 is 0 Å². The third-order valence-corrected chi connectivity index (χ3v) is 2.80. The summed E-state index contributed by atoms with van der Waals surface area (Å²) in [5.41, 5.74) is 2.67. The standard InChI is InChI=1S/C14H18N2O/c1-10-12(11-8-6-5-7-9-11)13(17)15-16(10)14(2,3)4/h5-9H,1-4H3,(H,15,17). The Balaban J connectivity index is 2.61. The molecule has 0 saturated heterocycles. The molecule has 0 saturated carbocycles. The van der Waals surface area contributed by atoms with Crippen LogP contribution in [0.5, 0.6) is 5.88 Å². The Morgan fingerprint density at radius 3 is 2.18 bits per heavy atom. The Bertz CT molecular complexity index is 521. The normalized spacial score (nSPS) is 11.8. The van der Waals surface area contributed by atoms with Gasteiger partial charge in [-0.3, -0.25) is 4.68 Å². The Morgan fingerprint density at radius 2 is 1.71 bits per heavy atom. The van der Waals surface area contributed by atoms with Crippen LogP contribution in [0.1, 0.15) is 26.5 Å². The van der Waals surface area contributed by atoms with Crippen LogP contribution in [0.2, 0.25) is 0 Å². The lowest BCUT2D eigenvalue weighted by Gasteiger charge is -2.21. The summed E-state index contributed by atoms with van der Waals surface area (Å²) < 4.78 is 1.87. The van der Waals surface area contributed by atoms with E-state index in [9.17, 15) is 5.11 Å². The summed E-state index contributed by atoms with van der Waals surface area (Å²) in [5, 5.41) is 14.2. The fourth-order valence-corrected chi connectivity index (χ4v) is 2.08. The molecule has 0 atom stereocenters. The van der Waals surface area contributed by atoms with Crippen LogP contribution < -0.4 is 0 Å². The molecule has 0 spiro atoms. The quantitative estimate of drug-likeness (QED) is 0.816. The Hall–Kier alpha value is -1.77. The predicted octanol–water partition coefficient (Wildman–Crippen LogP) is 3.32. The smallest absolute Gasteiger partial charge is 0.238 e. The zero-order valence-corrected chi connectivity index (χ0v) is 10.7. The molecule has 0 bridgehead atoms. The number of aromatic hydroxyl groups is 1. The molecule has 3 heteroatoms. The van der Waals surface area contributed by atoms with E-state index in [0.717, 1.165) is 16.8 Å². The highest BCUT2D eigenvalue weighted by atomic mass is 16.3. The molecule has 2 rings (SSSR count). The van der Waals surface area contributed by atoms with Gasteiger partial charge in [0, 0.05) is 5.69 Å². The van der Waals surface area contributed by atoms with Gasteiger partial charge in [-0.25, -0.2) is 0 Å². The average molecular weight is 230 g/mol. The molecule has 1 heterocycles. The maximum Gasteiger partial charge on any atom is 0.238 e. The van der Waals surface area contributed by atoms with Gasteiger partial charge >= 0.3 is 0 Å². The predicted molar refractivity (Wildman–Crippen MR) is 69.1 cm³/mol. The summed E-state index contributed by atoms with van der Waals surface area (Å²) in [4.78, 5) is 0. The third-order valence-electron chi connectivity index (χ3n) is 2.80. The number of rotatable bonds is 1. The first-order chi connectivity index (χ1) is 7.91. The molecule has 90 valence electrons. The molecule has 0 aliphatic rings. The first-order valence-corrected chi connectivity index (χ1v) is 5.76. The van der Waals surface area contributed by atoms with Gasteiger partial charge in [-0.05, 0) is 33.3 Å². The van der Waals surface area contributed by atoms with Gasteiger partial charge in [0.05, 0.1) is 11.1 Å². The minimum absolute atomic E-state index is 0.101. The summed E-state index contributed by atoms with van der Waals surface area (Å²) in [5.74, 6) is 0.101. The van der Waals surface area contributed by atoms with Crippen molar-refractivity contribution in [2.45, 2.75) is 33.2 Å². The van der Waals surface area contributed by atoms with Gasteiger partial charge in [0.25, 0.3) is 0 Å². The Morgan fingerprint density at radius 1 is 1.12 bits per heavy atom. The van der Waals surface area contributed by atoms with E-state index in [-0.39, 0.29) is 11.4 Å². The van der Waals surface area contributed by atoms with Gasteiger partial charge in [0.2, 0.25) is 5.88 Å². The summed E-state index contributed by atoms with van der Waals surface area (Å²) in [7, 11) is 0. The van der Waals surface area contributed by atoms with Crippen LogP contribution in [0, 0.1) is 6.92 Å². The van der Waals surface area contributed by atoms with Crippen molar-refractivity contribution in [1.82, 2.24) is 9.78 Å². The van der Waals surface area contributed by atoms with E-state index >= 15 is 0 Å². The third kappa shape index (κ3) is 2.05. The van der Waals surface area contributed by atoms with Crippen molar-refractivity contribution < 1.29 is 5.11 Å². The van der Waals surface area contributed by atoms with Crippen LogP contribution in [0.25, 0.3) is 11.1 Å². The maximum atomic E-state index is 10.00. The maximum absolute atomic E-state index is 10.00. The molecule has 1 N–H and O–H groups in total. The van der Waals surface area contributed by atoms with Gasteiger partial charge in [0.15, 0.2) is 0 Å². The molecule has 0 fully saturated rings. The topological polar surface area (TPSA) is 38.1 Å². The van der Waals surface area contributed by atoms with E-state index in [1.807, 2.05) is 41.9 Å². The van der Waals surface area contributed by atoms with Gasteiger partial charge < -0.3 is 5.11 Å². The SMILES string of the molecule is Cc1c(-c2ccccc2)c(O)nn1C(C)(C)C. The molecule has 2 aromatic rings. The number of nitrogens with zero attached hydrogens (tertiary/aromatic N) is 2. The molecule has 1 aromatic carbocycles. The van der Waals surface area contributed by atoms with Crippen LogP contribution >= 0.6 is 0 Å². The highest BCUT2D eigenvalue weighted by molar-refractivity contribution is 5.70. The van der Waals surface area contributed by atoms with Crippen molar-refractivity contribution in [2.24, 2.45) is 0 Å². The lowest BCUT2D eigenvalue weighted by molar-refractivity contribution is 0.332. The van der Waals surface area contributed by atoms with E-state index in [1.54, 1.807) is 0 Å². The van der Waals surface area contributed by atoms with Gasteiger partial charge in [-0.1, -0.05) is 30.3 Å². The summed E-state index contributed by atoms with van der Waals surface area (Å²) in [6.07, 6.45) is 0. The Kier molecular flexibility index (Phi) is 2.69. The fourth-order valence-electron chi connectivity index (χ4n) is 2.08. The molecule has 17 heavy (non-hydrogen) atoms. The summed E-state index contributed by atoms with van der Waals surface area (Å²) >= 11 is 0. The molecule has 0 radical (unpaired) electrons. The highest BCUT2D eigenvalue weighted by Gasteiger charge is 2.22. The van der Waals surface area contributed by atoms with Crippen LogP contribution in [0.15, 0.2) is 30.3 Å². The monoisotopic (exact) mass is 230 g/mol. The van der Waals surface area contributed by atoms with Crippen molar-refractivity contribution in [3.8, 4) is 17.0 Å². The van der Waals surface area contributed by atoms with Gasteiger partial charge in [-0.15, -0.1) is 5.10 Å². The van der Waals surface area contributed by atoms with Gasteiger partial charge in [0.1, 0.15) is 0 Å². The van der Waals surface area contributed by atoms with E-state index in [2.05, 4.69) is 25.9 Å². The van der Waals surface area contributed by atoms with Crippen molar-refractivity contribution in [3.63, 3.8) is 0 Å². The van der Waals surface area contributed by atoms with Crippen molar-refractivity contribution in [3.05, 3.63) is 36.0 Å². The Labute approximate surface area is 102 Å². The van der Waals surface area contributed by atoms with Crippen molar-refractivity contribution in [2.75, 3.05) is 0 Å². The molecule has 0 aliphatic carbocycles. The second kappa shape index (κ2) is 3.91. The van der Waals surface area contributed by atoms with E-state index in [0.29, 0.717) is 0 Å². The molecule has 0 aliphatic heterocycles.